The fourth-order valence-corrected chi connectivity index (χ4v) is 9.89. The lowest BCUT2D eigenvalue weighted by Crippen LogP contribution is -2.70. The number of hydrogen-bond donors (Lipinski definition) is 1. The molecule has 3 heterocycles. The van der Waals surface area contributed by atoms with Crippen LogP contribution in [0, 0.1) is 16.2 Å². The molecule has 1 N–H and O–H groups in total. The molecule has 88 heavy (non-hydrogen) atoms. The monoisotopic (exact) mass is 1230 g/mol. The summed E-state index contributed by atoms with van der Waals surface area (Å²) in [6.07, 6.45) is -19.6. The number of carbonyl (C=O) groups is 6. The van der Waals surface area contributed by atoms with Crippen LogP contribution < -0.4 is 5.32 Å². The third-order valence-electron chi connectivity index (χ3n) is 14.5. The quantitative estimate of drug-likeness (QED) is 0.0511. The van der Waals surface area contributed by atoms with E-state index in [-0.39, 0.29) is 26.4 Å². The molecular formula is C67H87NO20. The Kier molecular flexibility index (Phi) is 24.4. The number of rotatable bonds is 24. The first-order chi connectivity index (χ1) is 41.7. The predicted molar refractivity (Wildman–Crippen MR) is 317 cm³/mol. The Hall–Kier alpha value is -6.66. The number of esters is 5. The molecule has 4 aromatic carbocycles. The van der Waals surface area contributed by atoms with Gasteiger partial charge in [0.2, 0.25) is 5.91 Å². The van der Waals surface area contributed by atoms with Crippen LogP contribution in [-0.4, -0.2) is 141 Å². The van der Waals surface area contributed by atoms with E-state index >= 15 is 0 Å². The normalized spacial score (nSPS) is 27.5. The van der Waals surface area contributed by atoms with Gasteiger partial charge in [-0.1, -0.05) is 121 Å². The first kappa shape index (κ1) is 68.8. The Labute approximate surface area is 515 Å². The molecule has 480 valence electrons. The molecule has 0 aromatic heterocycles. The molecule has 0 aliphatic carbocycles. The Morgan fingerprint density at radius 3 is 1.20 bits per heavy atom. The van der Waals surface area contributed by atoms with Crippen molar-refractivity contribution in [3.63, 3.8) is 0 Å². The molecule has 1 amide bonds. The predicted octanol–water partition coefficient (Wildman–Crippen LogP) is 8.43. The molecule has 15 atom stereocenters. The average Bonchev–Trinajstić information content (AvgIpc) is 1.83. The molecule has 0 radical (unpaired) electrons. The van der Waals surface area contributed by atoms with Crippen molar-refractivity contribution in [2.75, 3.05) is 13.2 Å². The fraction of sp³-hybridized carbons (Fsp3) is 0.552. The zero-order chi connectivity index (χ0) is 63.9. The third-order valence-corrected chi connectivity index (χ3v) is 14.5. The van der Waals surface area contributed by atoms with Crippen molar-refractivity contribution in [1.29, 1.82) is 0 Å². The van der Waals surface area contributed by atoms with Gasteiger partial charge in [-0.3, -0.25) is 28.8 Å². The lowest BCUT2D eigenvalue weighted by Gasteiger charge is -2.51. The Morgan fingerprint density at radius 2 is 0.773 bits per heavy atom. The van der Waals surface area contributed by atoms with E-state index in [0.717, 1.165) is 36.1 Å². The van der Waals surface area contributed by atoms with E-state index in [4.69, 9.17) is 66.3 Å². The number of nitrogens with one attached hydrogen (secondary N) is 1. The van der Waals surface area contributed by atoms with Crippen LogP contribution in [0.1, 0.15) is 112 Å². The SMILES string of the molecule is CC(=O)N[C@H]1[C@H](OCc2ccccc2)O[C@H](COC(=O)C(C)(C)C)[C@@H](O[C@@H]2O[C@H](COC(=O)C(C)(C)C)[C@H](OC(C)=O)[C@H](OC(=O)C(C)(C)C)[C@H]2OC(C)=O)[C@@H]1O[C@@H]1O[C@@H](C)[C@@H](OCc2ccccc2)[C@@H](OCc2ccccc2)[C@@H]1OCc1ccccc1. The van der Waals surface area contributed by atoms with Gasteiger partial charge in [0.05, 0.1) is 48.8 Å². The minimum absolute atomic E-state index is 0.0239. The van der Waals surface area contributed by atoms with E-state index < -0.39 is 157 Å². The van der Waals surface area contributed by atoms with Gasteiger partial charge >= 0.3 is 29.8 Å². The maximum absolute atomic E-state index is 14.1. The van der Waals surface area contributed by atoms with Gasteiger partial charge in [0.1, 0.15) is 62.0 Å². The number of benzene rings is 4. The van der Waals surface area contributed by atoms with Crippen molar-refractivity contribution in [2.45, 2.75) is 208 Å². The lowest BCUT2D eigenvalue weighted by atomic mass is 9.93. The average molecular weight is 1230 g/mol. The van der Waals surface area contributed by atoms with Crippen LogP contribution in [0.15, 0.2) is 121 Å². The lowest BCUT2D eigenvalue weighted by molar-refractivity contribution is -0.379. The Morgan fingerprint density at radius 1 is 0.398 bits per heavy atom. The maximum atomic E-state index is 14.1. The van der Waals surface area contributed by atoms with Crippen molar-refractivity contribution in [1.82, 2.24) is 5.32 Å². The molecule has 3 fully saturated rings. The smallest absolute Gasteiger partial charge is 0.311 e. The van der Waals surface area contributed by atoms with Gasteiger partial charge in [0, 0.05) is 20.8 Å². The van der Waals surface area contributed by atoms with Crippen LogP contribution in [-0.2, 0) is 122 Å². The second-order valence-electron chi connectivity index (χ2n) is 25.3. The van der Waals surface area contributed by atoms with Crippen LogP contribution in [0.3, 0.4) is 0 Å². The summed E-state index contributed by atoms with van der Waals surface area (Å²) < 4.78 is 92.4. The van der Waals surface area contributed by atoms with Crippen LogP contribution in [0.2, 0.25) is 0 Å². The highest BCUT2D eigenvalue weighted by Gasteiger charge is 2.59. The zero-order valence-corrected chi connectivity index (χ0v) is 52.6. The number of amides is 1. The van der Waals surface area contributed by atoms with Crippen molar-refractivity contribution < 1.29 is 95.1 Å². The number of carbonyl (C=O) groups excluding carboxylic acids is 6. The van der Waals surface area contributed by atoms with E-state index in [9.17, 15) is 28.8 Å². The van der Waals surface area contributed by atoms with Crippen LogP contribution in [0.25, 0.3) is 0 Å². The van der Waals surface area contributed by atoms with Crippen LogP contribution >= 0.6 is 0 Å². The minimum Gasteiger partial charge on any atom is -0.462 e. The summed E-state index contributed by atoms with van der Waals surface area (Å²) in [6, 6.07) is 36.5. The van der Waals surface area contributed by atoms with Gasteiger partial charge in [-0.05, 0) is 91.5 Å². The summed E-state index contributed by atoms with van der Waals surface area (Å²) in [5.41, 5.74) is 0.0122. The van der Waals surface area contributed by atoms with Crippen LogP contribution in [0.4, 0.5) is 0 Å². The molecule has 3 saturated heterocycles. The molecule has 3 aliphatic heterocycles. The topological polar surface area (TPSA) is 244 Å². The second kappa shape index (κ2) is 31.2. The first-order valence-electron chi connectivity index (χ1n) is 29.7. The van der Waals surface area contributed by atoms with E-state index in [1.54, 1.807) is 62.3 Å². The standard InChI is InChI=1S/C67H87NO20/c1-40-51(75-34-44-26-18-14-19-27-44)55(76-35-45-28-20-15-21-29-45)57(77-36-46-30-22-16-23-31-46)60(81-40)87-54-50(68-41(2)69)59(78-37-47-32-24-17-25-33-47)84-48(38-79-62(72)65(5,6)7)52(54)86-61-58(83-43(4)71)56(88-64(74)67(11,12)13)53(82-42(3)70)49(85-61)39-80-63(73)66(8,9)10/h14-33,40,48-61H,34-39H2,1-13H3,(H,68,69)/t40-,48+,49+,50+,51+,52+,53-,54+,55+,56-,57-,58+,59+,60-,61-/m0/s1. The summed E-state index contributed by atoms with van der Waals surface area (Å²) in [7, 11) is 0. The summed E-state index contributed by atoms with van der Waals surface area (Å²) in [5, 5.41) is 2.99. The number of ether oxygens (including phenoxy) is 14. The molecule has 0 spiro atoms. The highest BCUT2D eigenvalue weighted by molar-refractivity contribution is 5.77. The highest BCUT2D eigenvalue weighted by Crippen LogP contribution is 2.39. The van der Waals surface area contributed by atoms with Crippen molar-refractivity contribution in [3.05, 3.63) is 144 Å². The third kappa shape index (κ3) is 19.7. The summed E-state index contributed by atoms with van der Waals surface area (Å²) in [6.45, 7) is 19.1. The van der Waals surface area contributed by atoms with Crippen molar-refractivity contribution >= 4 is 35.8 Å². The second-order valence-corrected chi connectivity index (χ2v) is 25.3. The molecule has 0 saturated carbocycles. The maximum Gasteiger partial charge on any atom is 0.311 e. The summed E-state index contributed by atoms with van der Waals surface area (Å²) in [5.74, 6) is -4.43. The van der Waals surface area contributed by atoms with E-state index in [1.807, 2.05) is 128 Å². The van der Waals surface area contributed by atoms with E-state index in [0.29, 0.717) is 0 Å². The molecule has 21 nitrogen and oxygen atoms in total. The molecule has 3 aliphatic rings. The van der Waals surface area contributed by atoms with Gasteiger partial charge < -0.3 is 71.6 Å². The molecule has 0 bridgehead atoms. The van der Waals surface area contributed by atoms with E-state index in [1.165, 1.54) is 6.92 Å². The van der Waals surface area contributed by atoms with E-state index in [2.05, 4.69) is 5.32 Å². The van der Waals surface area contributed by atoms with Gasteiger partial charge in [-0.15, -0.1) is 0 Å². The van der Waals surface area contributed by atoms with Crippen LogP contribution in [0.5, 0.6) is 0 Å². The molecule has 4 aromatic rings. The summed E-state index contributed by atoms with van der Waals surface area (Å²) in [4.78, 5) is 81.9. The van der Waals surface area contributed by atoms with Crippen molar-refractivity contribution in [2.24, 2.45) is 16.2 Å². The van der Waals surface area contributed by atoms with Gasteiger partial charge in [0.25, 0.3) is 0 Å². The van der Waals surface area contributed by atoms with Gasteiger partial charge in [-0.25, -0.2) is 0 Å². The largest absolute Gasteiger partial charge is 0.462 e. The first-order valence-corrected chi connectivity index (χ1v) is 29.7. The molecule has 7 rings (SSSR count). The Bertz CT molecular complexity index is 2880. The number of hydrogen-bond acceptors (Lipinski definition) is 20. The van der Waals surface area contributed by atoms with Crippen molar-refractivity contribution in [3.8, 4) is 0 Å². The zero-order valence-electron chi connectivity index (χ0n) is 52.6. The molecular weight excluding hydrogens is 1140 g/mol. The molecule has 0 unspecified atom stereocenters. The van der Waals surface area contributed by atoms with Gasteiger partial charge in [-0.2, -0.15) is 0 Å². The minimum atomic E-state index is -1.87. The summed E-state index contributed by atoms with van der Waals surface area (Å²) >= 11 is 0. The molecule has 21 heteroatoms. The highest BCUT2D eigenvalue weighted by atomic mass is 16.8. The Balaban J connectivity index is 1.42. The fourth-order valence-electron chi connectivity index (χ4n) is 9.89. The van der Waals surface area contributed by atoms with Gasteiger partial charge in [0.15, 0.2) is 37.2 Å².